The van der Waals surface area contributed by atoms with Crippen LogP contribution in [-0.4, -0.2) is 32.3 Å². The summed E-state index contributed by atoms with van der Waals surface area (Å²) in [6, 6.07) is 10.3. The molecule has 5 nitrogen and oxygen atoms in total. The highest BCUT2D eigenvalue weighted by atomic mass is 35.5. The van der Waals surface area contributed by atoms with E-state index in [1.54, 1.807) is 36.4 Å². The summed E-state index contributed by atoms with van der Waals surface area (Å²) < 4.78 is 17.0. The fourth-order valence-electron chi connectivity index (χ4n) is 3.19. The number of hydrogen-bond donors (Lipinski definition) is 0. The first-order chi connectivity index (χ1) is 12.5. The molecule has 8 heteroatoms. The highest BCUT2D eigenvalue weighted by molar-refractivity contribution is 6.35. The number of nitrogens with zero attached hydrogens (tertiary/aromatic N) is 1. The van der Waals surface area contributed by atoms with Crippen molar-refractivity contribution >= 4 is 46.4 Å². The first-order valence-electron chi connectivity index (χ1n) is 7.99. The predicted molar refractivity (Wildman–Crippen MR) is 99.3 cm³/mol. The molecule has 0 aromatic heterocycles. The number of rotatable bonds is 4. The minimum Gasteiger partial charge on any atom is -0.490 e. The molecule has 0 unspecified atom stereocenters. The molecule has 1 saturated heterocycles. The second-order valence-electron chi connectivity index (χ2n) is 5.83. The Bertz CT molecular complexity index is 868. The smallest absolute Gasteiger partial charge is 0.292 e. The molecule has 0 saturated carbocycles. The molecular formula is C18H14Cl3NO4. The first-order valence-corrected chi connectivity index (χ1v) is 9.13. The van der Waals surface area contributed by atoms with Crippen molar-refractivity contribution < 1.29 is 19.0 Å². The average Bonchev–Trinajstić information content (AvgIpc) is 3.19. The zero-order valence-corrected chi connectivity index (χ0v) is 15.8. The van der Waals surface area contributed by atoms with E-state index in [1.807, 2.05) is 0 Å². The SMILES string of the molecule is O=C1N(CCOc2ccc(Cl)cc2Cl)c2c(Cl)cccc2C12OCCO2. The summed E-state index contributed by atoms with van der Waals surface area (Å²) in [6.45, 7) is 1.18. The molecule has 4 rings (SSSR count). The Morgan fingerprint density at radius 3 is 2.58 bits per heavy atom. The lowest BCUT2D eigenvalue weighted by atomic mass is 10.1. The number of benzene rings is 2. The molecule has 0 radical (unpaired) electrons. The summed E-state index contributed by atoms with van der Waals surface area (Å²) in [5.41, 5.74) is 1.21. The topological polar surface area (TPSA) is 48.0 Å². The third-order valence-electron chi connectivity index (χ3n) is 4.30. The van der Waals surface area contributed by atoms with Crippen LogP contribution in [0.1, 0.15) is 5.56 Å². The second kappa shape index (κ2) is 6.91. The largest absolute Gasteiger partial charge is 0.490 e. The highest BCUT2D eigenvalue weighted by Gasteiger charge is 2.56. The zero-order chi connectivity index (χ0) is 18.3. The molecule has 0 atom stereocenters. The van der Waals surface area contributed by atoms with E-state index < -0.39 is 5.79 Å². The summed E-state index contributed by atoms with van der Waals surface area (Å²) in [5.74, 6) is -1.22. The Balaban J connectivity index is 1.56. The lowest BCUT2D eigenvalue weighted by Crippen LogP contribution is -2.42. The van der Waals surface area contributed by atoms with E-state index in [1.165, 1.54) is 4.90 Å². The number of anilines is 1. The Labute approximate surface area is 165 Å². The normalized spacial score (nSPS) is 17.8. The molecule has 2 heterocycles. The number of carbonyl (C=O) groups excluding carboxylic acids is 1. The van der Waals surface area contributed by atoms with Gasteiger partial charge in [0.1, 0.15) is 12.4 Å². The molecule has 2 aliphatic heterocycles. The van der Waals surface area contributed by atoms with Gasteiger partial charge in [-0.15, -0.1) is 0 Å². The second-order valence-corrected chi connectivity index (χ2v) is 7.08. The van der Waals surface area contributed by atoms with E-state index in [2.05, 4.69) is 0 Å². The molecule has 1 spiro atoms. The Morgan fingerprint density at radius 1 is 1.08 bits per heavy atom. The van der Waals surface area contributed by atoms with Crippen LogP contribution in [0.15, 0.2) is 36.4 Å². The molecule has 1 amide bonds. The van der Waals surface area contributed by atoms with Gasteiger partial charge in [-0.2, -0.15) is 0 Å². The van der Waals surface area contributed by atoms with Gasteiger partial charge in [-0.1, -0.05) is 46.9 Å². The molecule has 136 valence electrons. The van der Waals surface area contributed by atoms with Crippen LogP contribution in [0.3, 0.4) is 0 Å². The van der Waals surface area contributed by atoms with E-state index >= 15 is 0 Å². The van der Waals surface area contributed by atoms with Gasteiger partial charge >= 0.3 is 0 Å². The predicted octanol–water partition coefficient (Wildman–Crippen LogP) is 4.27. The van der Waals surface area contributed by atoms with Gasteiger partial charge < -0.3 is 19.1 Å². The molecule has 2 aromatic rings. The number of para-hydroxylation sites is 1. The van der Waals surface area contributed by atoms with Gasteiger partial charge in [0.15, 0.2) is 0 Å². The fraction of sp³-hybridized carbons (Fsp3) is 0.278. The Kier molecular flexibility index (Phi) is 4.75. The van der Waals surface area contributed by atoms with Crippen molar-refractivity contribution in [3.05, 3.63) is 57.0 Å². The number of hydrogen-bond acceptors (Lipinski definition) is 4. The van der Waals surface area contributed by atoms with Crippen molar-refractivity contribution in [2.24, 2.45) is 0 Å². The van der Waals surface area contributed by atoms with Crippen molar-refractivity contribution in [1.29, 1.82) is 0 Å². The van der Waals surface area contributed by atoms with E-state index in [0.717, 1.165) is 0 Å². The molecule has 2 aliphatic rings. The van der Waals surface area contributed by atoms with Crippen molar-refractivity contribution in [3.8, 4) is 5.75 Å². The van der Waals surface area contributed by atoms with Gasteiger partial charge in [0, 0.05) is 10.6 Å². The van der Waals surface area contributed by atoms with Gasteiger partial charge in [-0.25, -0.2) is 0 Å². The molecule has 26 heavy (non-hydrogen) atoms. The molecule has 0 N–H and O–H groups in total. The van der Waals surface area contributed by atoms with Crippen molar-refractivity contribution in [2.75, 3.05) is 31.3 Å². The first kappa shape index (κ1) is 17.9. The lowest BCUT2D eigenvalue weighted by Gasteiger charge is -2.22. The van der Waals surface area contributed by atoms with E-state index in [0.29, 0.717) is 45.3 Å². The maximum absolute atomic E-state index is 13.0. The number of fused-ring (bicyclic) bond motifs is 2. The summed E-state index contributed by atoms with van der Waals surface area (Å²) in [4.78, 5) is 14.5. The van der Waals surface area contributed by atoms with E-state index in [9.17, 15) is 4.79 Å². The molecule has 0 aliphatic carbocycles. The summed E-state index contributed by atoms with van der Waals surface area (Å²) in [7, 11) is 0. The average molecular weight is 415 g/mol. The third-order valence-corrected chi connectivity index (χ3v) is 5.13. The van der Waals surface area contributed by atoms with Crippen LogP contribution in [0, 0.1) is 0 Å². The van der Waals surface area contributed by atoms with Crippen LogP contribution < -0.4 is 9.64 Å². The quantitative estimate of drug-likeness (QED) is 0.749. The molecule has 1 fully saturated rings. The Morgan fingerprint density at radius 2 is 1.85 bits per heavy atom. The molecule has 2 aromatic carbocycles. The number of ether oxygens (including phenoxy) is 3. The van der Waals surface area contributed by atoms with Crippen LogP contribution in [0.5, 0.6) is 5.75 Å². The Hall–Kier alpha value is -1.50. The van der Waals surface area contributed by atoms with Crippen molar-refractivity contribution in [2.45, 2.75) is 5.79 Å². The minimum absolute atomic E-state index is 0.216. The van der Waals surface area contributed by atoms with Crippen LogP contribution in [0.25, 0.3) is 0 Å². The monoisotopic (exact) mass is 413 g/mol. The van der Waals surface area contributed by atoms with Crippen molar-refractivity contribution in [3.63, 3.8) is 0 Å². The maximum Gasteiger partial charge on any atom is 0.292 e. The molecular weight excluding hydrogens is 401 g/mol. The molecule has 0 bridgehead atoms. The van der Waals surface area contributed by atoms with Crippen molar-refractivity contribution in [1.82, 2.24) is 0 Å². The standard InChI is InChI=1S/C18H14Cl3NO4/c19-11-4-5-15(14(21)10-11)24-7-6-22-16-12(2-1-3-13(16)20)18(17(22)23)25-8-9-26-18/h1-5,10H,6-9H2. The van der Waals surface area contributed by atoms with Crippen LogP contribution >= 0.6 is 34.8 Å². The van der Waals surface area contributed by atoms with Gasteiger partial charge in [-0.3, -0.25) is 4.79 Å². The highest BCUT2D eigenvalue weighted by Crippen LogP contribution is 2.48. The number of carbonyl (C=O) groups is 1. The van der Waals surface area contributed by atoms with Crippen LogP contribution in [0.2, 0.25) is 15.1 Å². The van der Waals surface area contributed by atoms with Gasteiger partial charge in [0.2, 0.25) is 0 Å². The number of halogens is 3. The van der Waals surface area contributed by atoms with Crippen LogP contribution in [-0.2, 0) is 20.1 Å². The van der Waals surface area contributed by atoms with Crippen LogP contribution in [0.4, 0.5) is 5.69 Å². The number of amides is 1. The zero-order valence-electron chi connectivity index (χ0n) is 13.5. The summed E-state index contributed by atoms with van der Waals surface area (Å²) >= 11 is 18.3. The van der Waals surface area contributed by atoms with E-state index in [-0.39, 0.29) is 19.1 Å². The lowest BCUT2D eigenvalue weighted by molar-refractivity contribution is -0.180. The summed E-state index contributed by atoms with van der Waals surface area (Å²) in [6.07, 6.45) is 0. The fourth-order valence-corrected chi connectivity index (χ4v) is 3.93. The van der Waals surface area contributed by atoms with Gasteiger partial charge in [0.25, 0.3) is 11.7 Å². The third kappa shape index (κ3) is 2.84. The van der Waals surface area contributed by atoms with E-state index in [4.69, 9.17) is 49.0 Å². The van der Waals surface area contributed by atoms with Gasteiger partial charge in [-0.05, 0) is 24.3 Å². The summed E-state index contributed by atoms with van der Waals surface area (Å²) in [5, 5.41) is 1.38. The minimum atomic E-state index is -1.40. The van der Waals surface area contributed by atoms with Gasteiger partial charge in [0.05, 0.1) is 35.5 Å². The maximum atomic E-state index is 13.0.